The van der Waals surface area contributed by atoms with Gasteiger partial charge in [-0.25, -0.2) is 9.97 Å². The standard InChI is InChI=1S/C12H18ClN3OSi/c1-18(2,3)7-6-17-8-10-15-11(13)9-4-5-14-12(9)16-10/h4-5H,6-8H2,1-3H3,(H,14,15,16). The summed E-state index contributed by atoms with van der Waals surface area (Å²) in [5.74, 6) is 0.630. The van der Waals surface area contributed by atoms with Crippen LogP contribution < -0.4 is 0 Å². The monoisotopic (exact) mass is 283 g/mol. The molecule has 0 unspecified atom stereocenters. The van der Waals surface area contributed by atoms with Gasteiger partial charge >= 0.3 is 0 Å². The van der Waals surface area contributed by atoms with Gasteiger partial charge in [0.2, 0.25) is 0 Å². The lowest BCUT2D eigenvalue weighted by Crippen LogP contribution is -2.21. The number of nitrogens with zero attached hydrogens (tertiary/aromatic N) is 2. The minimum Gasteiger partial charge on any atom is -0.374 e. The van der Waals surface area contributed by atoms with E-state index in [1.54, 1.807) is 6.20 Å². The van der Waals surface area contributed by atoms with E-state index < -0.39 is 8.07 Å². The molecule has 2 aromatic rings. The van der Waals surface area contributed by atoms with E-state index in [2.05, 4.69) is 34.6 Å². The summed E-state index contributed by atoms with van der Waals surface area (Å²) >= 11 is 6.07. The maximum atomic E-state index is 6.07. The first kappa shape index (κ1) is 13.5. The van der Waals surface area contributed by atoms with Gasteiger partial charge in [-0.05, 0) is 12.1 Å². The molecule has 0 aliphatic rings. The van der Waals surface area contributed by atoms with Crippen LogP contribution in [0.3, 0.4) is 0 Å². The molecule has 2 rings (SSSR count). The lowest BCUT2D eigenvalue weighted by Gasteiger charge is -2.15. The number of H-pyrrole nitrogens is 1. The summed E-state index contributed by atoms with van der Waals surface area (Å²) in [7, 11) is -1.04. The fourth-order valence-electron chi connectivity index (χ4n) is 1.55. The Labute approximate surface area is 113 Å². The first-order valence-electron chi connectivity index (χ1n) is 6.03. The quantitative estimate of drug-likeness (QED) is 0.519. The largest absolute Gasteiger partial charge is 0.374 e. The highest BCUT2D eigenvalue weighted by Crippen LogP contribution is 2.19. The first-order chi connectivity index (χ1) is 8.46. The highest BCUT2D eigenvalue weighted by atomic mass is 35.5. The van der Waals surface area contributed by atoms with Crippen molar-refractivity contribution in [3.63, 3.8) is 0 Å². The van der Waals surface area contributed by atoms with Crippen molar-refractivity contribution in [2.75, 3.05) is 6.61 Å². The molecule has 2 heterocycles. The summed E-state index contributed by atoms with van der Waals surface area (Å²) in [5.41, 5.74) is 0.763. The number of hydrogen-bond donors (Lipinski definition) is 1. The van der Waals surface area contributed by atoms with Crippen molar-refractivity contribution in [1.82, 2.24) is 15.0 Å². The molecule has 6 heteroatoms. The third kappa shape index (κ3) is 3.54. The highest BCUT2D eigenvalue weighted by molar-refractivity contribution is 6.76. The first-order valence-corrected chi connectivity index (χ1v) is 10.1. The summed E-state index contributed by atoms with van der Waals surface area (Å²) in [6.07, 6.45) is 1.81. The Morgan fingerprint density at radius 1 is 1.33 bits per heavy atom. The number of rotatable bonds is 5. The van der Waals surface area contributed by atoms with Crippen LogP contribution in [0.2, 0.25) is 30.8 Å². The molecule has 1 N–H and O–H groups in total. The van der Waals surface area contributed by atoms with E-state index in [4.69, 9.17) is 16.3 Å². The molecule has 2 aromatic heterocycles. The van der Waals surface area contributed by atoms with Gasteiger partial charge in [-0.3, -0.25) is 0 Å². The normalized spacial score (nSPS) is 12.2. The molecular formula is C12H18ClN3OSi. The van der Waals surface area contributed by atoms with Crippen LogP contribution in [0.25, 0.3) is 11.0 Å². The minimum atomic E-state index is -1.04. The number of halogens is 1. The third-order valence-corrected chi connectivity index (χ3v) is 4.64. The van der Waals surface area contributed by atoms with Crippen molar-refractivity contribution in [3.8, 4) is 0 Å². The SMILES string of the molecule is C[Si](C)(C)CCOCc1nc(Cl)c2cc[nH]c2n1. The number of nitrogens with one attached hydrogen (secondary N) is 1. The van der Waals surface area contributed by atoms with E-state index in [-0.39, 0.29) is 0 Å². The van der Waals surface area contributed by atoms with Gasteiger partial charge in [-0.2, -0.15) is 0 Å². The van der Waals surface area contributed by atoms with Gasteiger partial charge in [0.15, 0.2) is 5.82 Å². The Kier molecular flexibility index (Phi) is 4.04. The lowest BCUT2D eigenvalue weighted by molar-refractivity contribution is 0.127. The van der Waals surface area contributed by atoms with Gasteiger partial charge in [0.1, 0.15) is 17.4 Å². The fraction of sp³-hybridized carbons (Fsp3) is 0.500. The average molecular weight is 284 g/mol. The van der Waals surface area contributed by atoms with Crippen molar-refractivity contribution < 1.29 is 4.74 Å². The van der Waals surface area contributed by atoms with Gasteiger partial charge in [0.25, 0.3) is 0 Å². The van der Waals surface area contributed by atoms with Crippen molar-refractivity contribution in [2.24, 2.45) is 0 Å². The van der Waals surface area contributed by atoms with Crippen LogP contribution in [-0.4, -0.2) is 29.6 Å². The van der Waals surface area contributed by atoms with Gasteiger partial charge < -0.3 is 9.72 Å². The predicted octanol–water partition coefficient (Wildman–Crippen LogP) is 3.47. The zero-order valence-corrected chi connectivity index (χ0v) is 12.7. The van der Waals surface area contributed by atoms with Gasteiger partial charge in [0, 0.05) is 20.9 Å². The van der Waals surface area contributed by atoms with E-state index in [1.165, 1.54) is 0 Å². The molecule has 0 saturated carbocycles. The second-order valence-electron chi connectivity index (χ2n) is 5.53. The zero-order valence-electron chi connectivity index (χ0n) is 11.0. The van der Waals surface area contributed by atoms with Crippen LogP contribution in [0.4, 0.5) is 0 Å². The van der Waals surface area contributed by atoms with Crippen LogP contribution in [0.15, 0.2) is 12.3 Å². The number of aromatic nitrogens is 3. The van der Waals surface area contributed by atoms with Gasteiger partial charge in [0.05, 0.1) is 5.39 Å². The summed E-state index contributed by atoms with van der Waals surface area (Å²) in [5, 5.41) is 1.33. The highest BCUT2D eigenvalue weighted by Gasteiger charge is 2.12. The Bertz CT molecular complexity index is 536. The Hall–Kier alpha value is -0.913. The van der Waals surface area contributed by atoms with Crippen LogP contribution in [0.1, 0.15) is 5.82 Å². The Balaban J connectivity index is 1.95. The second-order valence-corrected chi connectivity index (χ2v) is 11.5. The number of ether oxygens (including phenoxy) is 1. The van der Waals surface area contributed by atoms with Crippen LogP contribution >= 0.6 is 11.6 Å². The maximum absolute atomic E-state index is 6.07. The maximum Gasteiger partial charge on any atom is 0.158 e. The molecule has 0 aromatic carbocycles. The number of fused-ring (bicyclic) bond motifs is 1. The Morgan fingerprint density at radius 2 is 2.11 bits per heavy atom. The molecule has 0 bridgehead atoms. The van der Waals surface area contributed by atoms with Gasteiger partial charge in [-0.1, -0.05) is 31.2 Å². The molecular weight excluding hydrogens is 266 g/mol. The van der Waals surface area contributed by atoms with Crippen molar-refractivity contribution in [3.05, 3.63) is 23.2 Å². The van der Waals surface area contributed by atoms with E-state index in [0.717, 1.165) is 23.7 Å². The molecule has 0 radical (unpaired) electrons. The molecule has 0 atom stereocenters. The second kappa shape index (κ2) is 5.38. The van der Waals surface area contributed by atoms with Crippen molar-refractivity contribution in [1.29, 1.82) is 0 Å². The molecule has 0 aliphatic heterocycles. The van der Waals surface area contributed by atoms with E-state index >= 15 is 0 Å². The fourth-order valence-corrected chi connectivity index (χ4v) is 2.56. The van der Waals surface area contributed by atoms with Gasteiger partial charge in [-0.15, -0.1) is 0 Å². The molecule has 0 spiro atoms. The summed E-state index contributed by atoms with van der Waals surface area (Å²) in [6.45, 7) is 8.16. The van der Waals surface area contributed by atoms with E-state index in [0.29, 0.717) is 17.6 Å². The molecule has 4 nitrogen and oxygen atoms in total. The smallest absolute Gasteiger partial charge is 0.158 e. The van der Waals surface area contributed by atoms with E-state index in [1.807, 2.05) is 6.07 Å². The third-order valence-electron chi connectivity index (χ3n) is 2.64. The average Bonchev–Trinajstić information content (AvgIpc) is 2.71. The number of aromatic amines is 1. The van der Waals surface area contributed by atoms with Crippen LogP contribution in [0.5, 0.6) is 0 Å². The lowest BCUT2D eigenvalue weighted by atomic mass is 10.4. The molecule has 0 saturated heterocycles. The molecule has 98 valence electrons. The molecule has 18 heavy (non-hydrogen) atoms. The number of hydrogen-bond acceptors (Lipinski definition) is 3. The van der Waals surface area contributed by atoms with Crippen LogP contribution in [0, 0.1) is 0 Å². The minimum absolute atomic E-state index is 0.416. The topological polar surface area (TPSA) is 50.8 Å². The summed E-state index contributed by atoms with van der Waals surface area (Å²) in [6, 6.07) is 3.01. The van der Waals surface area contributed by atoms with Crippen molar-refractivity contribution in [2.45, 2.75) is 32.3 Å². The summed E-state index contributed by atoms with van der Waals surface area (Å²) < 4.78 is 5.61. The van der Waals surface area contributed by atoms with Crippen LogP contribution in [-0.2, 0) is 11.3 Å². The molecule has 0 amide bonds. The molecule has 0 fully saturated rings. The van der Waals surface area contributed by atoms with E-state index in [9.17, 15) is 0 Å². The van der Waals surface area contributed by atoms with Crippen molar-refractivity contribution >= 4 is 30.7 Å². The predicted molar refractivity (Wildman–Crippen MR) is 76.7 cm³/mol. The zero-order chi connectivity index (χ0) is 13.2. The Morgan fingerprint density at radius 3 is 2.83 bits per heavy atom. The summed E-state index contributed by atoms with van der Waals surface area (Å²) in [4.78, 5) is 11.6. The molecule has 0 aliphatic carbocycles.